The van der Waals surface area contributed by atoms with Crippen molar-refractivity contribution in [1.29, 1.82) is 0 Å². The molecule has 4 nitrogen and oxygen atoms in total. The molecule has 0 amide bonds. The summed E-state index contributed by atoms with van der Waals surface area (Å²) in [5, 5.41) is 7.14. The second-order valence-electron chi connectivity index (χ2n) is 7.04. The first-order valence-electron chi connectivity index (χ1n) is 9.50. The summed E-state index contributed by atoms with van der Waals surface area (Å²) in [4.78, 5) is 4.42. The summed E-state index contributed by atoms with van der Waals surface area (Å²) in [5.41, 5.74) is 1.29. The van der Waals surface area contributed by atoms with Crippen LogP contribution in [0, 0.1) is 5.92 Å². The van der Waals surface area contributed by atoms with Crippen LogP contribution < -0.4 is 10.6 Å². The van der Waals surface area contributed by atoms with Gasteiger partial charge in [-0.25, -0.2) is 0 Å². The highest BCUT2D eigenvalue weighted by molar-refractivity contribution is 5.79. The molecule has 1 aromatic carbocycles. The highest BCUT2D eigenvalue weighted by Gasteiger charge is 2.27. The summed E-state index contributed by atoms with van der Waals surface area (Å²) in [6, 6.07) is 11.2. The Bertz CT molecular complexity index is 511. The van der Waals surface area contributed by atoms with E-state index in [0.29, 0.717) is 12.0 Å². The van der Waals surface area contributed by atoms with Crippen molar-refractivity contribution >= 4 is 5.96 Å². The van der Waals surface area contributed by atoms with Crippen molar-refractivity contribution in [3.05, 3.63) is 35.9 Å². The molecule has 132 valence electrons. The zero-order chi connectivity index (χ0) is 16.6. The van der Waals surface area contributed by atoms with Crippen molar-refractivity contribution in [2.45, 2.75) is 57.1 Å². The van der Waals surface area contributed by atoms with E-state index < -0.39 is 0 Å². The molecule has 0 aromatic heterocycles. The topological polar surface area (TPSA) is 45.7 Å². The Kier molecular flexibility index (Phi) is 6.53. The number of nitrogens with zero attached hydrogens (tertiary/aromatic N) is 1. The van der Waals surface area contributed by atoms with Gasteiger partial charge in [0, 0.05) is 32.2 Å². The van der Waals surface area contributed by atoms with Gasteiger partial charge in [-0.3, -0.25) is 4.99 Å². The minimum absolute atomic E-state index is 0.195. The number of hydrogen-bond acceptors (Lipinski definition) is 2. The van der Waals surface area contributed by atoms with Gasteiger partial charge < -0.3 is 15.4 Å². The van der Waals surface area contributed by atoms with Crippen LogP contribution in [0.1, 0.15) is 56.6 Å². The second-order valence-corrected chi connectivity index (χ2v) is 7.04. The maximum atomic E-state index is 6.09. The van der Waals surface area contributed by atoms with Crippen molar-refractivity contribution < 1.29 is 4.74 Å². The number of aliphatic imine (C=N–C) groups is 1. The zero-order valence-corrected chi connectivity index (χ0v) is 14.8. The number of ether oxygens (including phenoxy) is 1. The summed E-state index contributed by atoms with van der Waals surface area (Å²) in [5.74, 6) is 1.44. The fourth-order valence-electron chi connectivity index (χ4n) is 3.93. The fourth-order valence-corrected chi connectivity index (χ4v) is 3.93. The molecule has 2 fully saturated rings. The van der Waals surface area contributed by atoms with Gasteiger partial charge >= 0.3 is 0 Å². The zero-order valence-electron chi connectivity index (χ0n) is 14.8. The molecular formula is C20H31N3O. The molecule has 1 aromatic rings. The number of benzene rings is 1. The van der Waals surface area contributed by atoms with Crippen LogP contribution in [0.25, 0.3) is 0 Å². The largest absolute Gasteiger partial charge is 0.373 e. The van der Waals surface area contributed by atoms with Crippen LogP contribution >= 0.6 is 0 Å². The molecule has 2 aliphatic rings. The standard InChI is InChI=1S/C20H31N3O/c1-21-20(23-18-12-6-3-7-13-18)22-15-17-11-8-14-24-19(17)16-9-4-2-5-10-16/h2,4-5,9-10,17-19H,3,6-8,11-15H2,1H3,(H2,21,22,23). The van der Waals surface area contributed by atoms with Crippen LogP contribution in [0.5, 0.6) is 0 Å². The lowest BCUT2D eigenvalue weighted by molar-refractivity contribution is -0.0265. The summed E-state index contributed by atoms with van der Waals surface area (Å²) in [6.45, 7) is 1.77. The van der Waals surface area contributed by atoms with Gasteiger partial charge in [-0.1, -0.05) is 49.6 Å². The average Bonchev–Trinajstić information content (AvgIpc) is 2.67. The Morgan fingerprint density at radius 2 is 1.88 bits per heavy atom. The van der Waals surface area contributed by atoms with E-state index in [4.69, 9.17) is 4.74 Å². The van der Waals surface area contributed by atoms with E-state index in [0.717, 1.165) is 25.5 Å². The maximum Gasteiger partial charge on any atom is 0.191 e. The van der Waals surface area contributed by atoms with Crippen LogP contribution in [0.2, 0.25) is 0 Å². The highest BCUT2D eigenvalue weighted by Crippen LogP contribution is 2.33. The minimum Gasteiger partial charge on any atom is -0.373 e. The normalized spacial score (nSPS) is 26.1. The van der Waals surface area contributed by atoms with E-state index >= 15 is 0 Å². The third-order valence-electron chi connectivity index (χ3n) is 5.27. The Labute approximate surface area is 146 Å². The number of nitrogens with one attached hydrogen (secondary N) is 2. The monoisotopic (exact) mass is 329 g/mol. The summed E-state index contributed by atoms with van der Waals surface area (Å²) < 4.78 is 6.09. The summed E-state index contributed by atoms with van der Waals surface area (Å²) in [6.07, 6.45) is 9.11. The van der Waals surface area contributed by atoms with Crippen LogP contribution in [-0.4, -0.2) is 32.2 Å². The average molecular weight is 329 g/mol. The third-order valence-corrected chi connectivity index (χ3v) is 5.27. The minimum atomic E-state index is 0.195. The molecule has 0 spiro atoms. The predicted octanol–water partition coefficient (Wildman–Crippen LogP) is 3.65. The first-order chi connectivity index (χ1) is 11.9. The van der Waals surface area contributed by atoms with E-state index in [-0.39, 0.29) is 6.10 Å². The van der Waals surface area contributed by atoms with Crippen LogP contribution in [0.15, 0.2) is 35.3 Å². The van der Waals surface area contributed by atoms with Crippen molar-refractivity contribution in [1.82, 2.24) is 10.6 Å². The maximum absolute atomic E-state index is 6.09. The van der Waals surface area contributed by atoms with Crippen molar-refractivity contribution in [2.24, 2.45) is 10.9 Å². The summed E-state index contributed by atoms with van der Waals surface area (Å²) >= 11 is 0. The second kappa shape index (κ2) is 9.07. The van der Waals surface area contributed by atoms with Gasteiger partial charge in [-0.2, -0.15) is 0 Å². The van der Waals surface area contributed by atoms with Crippen molar-refractivity contribution in [3.63, 3.8) is 0 Å². The molecule has 1 saturated carbocycles. The van der Waals surface area contributed by atoms with E-state index in [1.165, 1.54) is 44.1 Å². The quantitative estimate of drug-likeness (QED) is 0.655. The molecular weight excluding hydrogens is 298 g/mol. The molecule has 0 radical (unpaired) electrons. The molecule has 3 rings (SSSR count). The highest BCUT2D eigenvalue weighted by atomic mass is 16.5. The van der Waals surface area contributed by atoms with Crippen LogP contribution in [0.3, 0.4) is 0 Å². The Balaban J connectivity index is 1.54. The molecule has 1 aliphatic heterocycles. The third kappa shape index (κ3) is 4.73. The number of rotatable bonds is 4. The lowest BCUT2D eigenvalue weighted by Gasteiger charge is -2.33. The predicted molar refractivity (Wildman–Crippen MR) is 99.2 cm³/mol. The SMILES string of the molecule is CN=C(NCC1CCCOC1c1ccccc1)NC1CCCCC1. The molecule has 24 heavy (non-hydrogen) atoms. The van der Waals surface area contributed by atoms with Gasteiger partial charge in [0.25, 0.3) is 0 Å². The van der Waals surface area contributed by atoms with E-state index in [1.54, 1.807) is 0 Å². The van der Waals surface area contributed by atoms with Gasteiger partial charge in [0.1, 0.15) is 0 Å². The first-order valence-corrected chi connectivity index (χ1v) is 9.50. The van der Waals surface area contributed by atoms with Crippen LogP contribution in [-0.2, 0) is 4.74 Å². The number of guanidine groups is 1. The molecule has 1 saturated heterocycles. The van der Waals surface area contributed by atoms with Crippen LogP contribution in [0.4, 0.5) is 0 Å². The van der Waals surface area contributed by atoms with E-state index in [2.05, 4.69) is 46.0 Å². The van der Waals surface area contributed by atoms with Gasteiger partial charge in [-0.15, -0.1) is 0 Å². The number of hydrogen-bond donors (Lipinski definition) is 2. The molecule has 2 atom stereocenters. The van der Waals surface area contributed by atoms with Gasteiger partial charge in [0.2, 0.25) is 0 Å². The lowest BCUT2D eigenvalue weighted by Crippen LogP contribution is -2.46. The fraction of sp³-hybridized carbons (Fsp3) is 0.650. The van der Waals surface area contributed by atoms with Crippen molar-refractivity contribution in [2.75, 3.05) is 20.2 Å². The van der Waals surface area contributed by atoms with Crippen molar-refractivity contribution in [3.8, 4) is 0 Å². The first kappa shape index (κ1) is 17.3. The Morgan fingerprint density at radius 1 is 1.08 bits per heavy atom. The Morgan fingerprint density at radius 3 is 2.62 bits per heavy atom. The molecule has 1 heterocycles. The molecule has 4 heteroatoms. The lowest BCUT2D eigenvalue weighted by atomic mass is 9.89. The molecule has 0 bridgehead atoms. The van der Waals surface area contributed by atoms with Gasteiger partial charge in [0.05, 0.1) is 6.10 Å². The Hall–Kier alpha value is -1.55. The van der Waals surface area contributed by atoms with Gasteiger partial charge in [-0.05, 0) is 31.2 Å². The summed E-state index contributed by atoms with van der Waals surface area (Å²) in [7, 11) is 1.87. The van der Waals surface area contributed by atoms with E-state index in [9.17, 15) is 0 Å². The molecule has 2 N–H and O–H groups in total. The molecule has 2 unspecified atom stereocenters. The van der Waals surface area contributed by atoms with Gasteiger partial charge in [0.15, 0.2) is 5.96 Å². The molecule has 1 aliphatic carbocycles. The smallest absolute Gasteiger partial charge is 0.191 e. The van der Waals surface area contributed by atoms with E-state index in [1.807, 2.05) is 7.05 Å².